The van der Waals surface area contributed by atoms with Crippen LogP contribution in [0.1, 0.15) is 30.7 Å². The number of carboxylic acids is 1. The van der Waals surface area contributed by atoms with Gasteiger partial charge in [-0.15, -0.1) is 0 Å². The van der Waals surface area contributed by atoms with Crippen LogP contribution in [0.25, 0.3) is 0 Å². The standard InChI is InChI=1S/C14H18FNO2/c15-12-6-4-11(5-7-12)13(14(17)18)10-16-8-2-1-3-9-16/h4-7,13H,1-3,8-10H2,(H,17,18). The fourth-order valence-electron chi connectivity index (χ4n) is 2.42. The van der Waals surface area contributed by atoms with Gasteiger partial charge in [0.2, 0.25) is 0 Å². The Morgan fingerprint density at radius 2 is 1.83 bits per heavy atom. The highest BCUT2D eigenvalue weighted by Crippen LogP contribution is 2.20. The van der Waals surface area contributed by atoms with Crippen LogP contribution in [0.3, 0.4) is 0 Å². The molecule has 2 rings (SSSR count). The lowest BCUT2D eigenvalue weighted by atomic mass is 9.97. The van der Waals surface area contributed by atoms with E-state index in [-0.39, 0.29) is 5.82 Å². The molecule has 98 valence electrons. The number of rotatable bonds is 4. The summed E-state index contributed by atoms with van der Waals surface area (Å²) in [6.07, 6.45) is 3.50. The first-order valence-electron chi connectivity index (χ1n) is 6.37. The van der Waals surface area contributed by atoms with Crippen molar-refractivity contribution < 1.29 is 14.3 Å². The summed E-state index contributed by atoms with van der Waals surface area (Å²) in [4.78, 5) is 13.5. The summed E-state index contributed by atoms with van der Waals surface area (Å²) >= 11 is 0. The average Bonchev–Trinajstić information content (AvgIpc) is 2.38. The molecular weight excluding hydrogens is 233 g/mol. The number of piperidine rings is 1. The van der Waals surface area contributed by atoms with Gasteiger partial charge in [0, 0.05) is 6.54 Å². The van der Waals surface area contributed by atoms with Crippen molar-refractivity contribution in [3.63, 3.8) is 0 Å². The SMILES string of the molecule is O=C(O)C(CN1CCCCC1)c1ccc(F)cc1. The zero-order chi connectivity index (χ0) is 13.0. The van der Waals surface area contributed by atoms with Gasteiger partial charge in [-0.1, -0.05) is 18.6 Å². The van der Waals surface area contributed by atoms with E-state index in [9.17, 15) is 14.3 Å². The molecule has 4 heteroatoms. The van der Waals surface area contributed by atoms with Gasteiger partial charge in [-0.05, 0) is 43.6 Å². The molecule has 1 aromatic rings. The molecule has 1 unspecified atom stereocenters. The van der Waals surface area contributed by atoms with Gasteiger partial charge >= 0.3 is 5.97 Å². The van der Waals surface area contributed by atoms with Crippen LogP contribution in [-0.4, -0.2) is 35.6 Å². The maximum absolute atomic E-state index is 12.9. The maximum Gasteiger partial charge on any atom is 0.312 e. The number of carboxylic acid groups (broad SMARTS) is 1. The van der Waals surface area contributed by atoms with Gasteiger partial charge in [0.25, 0.3) is 0 Å². The Morgan fingerprint density at radius 3 is 2.39 bits per heavy atom. The van der Waals surface area contributed by atoms with E-state index in [1.165, 1.54) is 18.6 Å². The van der Waals surface area contributed by atoms with Gasteiger partial charge in [-0.2, -0.15) is 0 Å². The lowest BCUT2D eigenvalue weighted by Crippen LogP contribution is -2.35. The van der Waals surface area contributed by atoms with Gasteiger partial charge in [-0.25, -0.2) is 4.39 Å². The van der Waals surface area contributed by atoms with Gasteiger partial charge < -0.3 is 10.0 Å². The lowest BCUT2D eigenvalue weighted by Gasteiger charge is -2.29. The first kappa shape index (κ1) is 13.0. The van der Waals surface area contributed by atoms with E-state index in [4.69, 9.17) is 0 Å². The maximum atomic E-state index is 12.9. The summed E-state index contributed by atoms with van der Waals surface area (Å²) in [5.41, 5.74) is 0.675. The number of halogens is 1. The third-order valence-electron chi connectivity index (χ3n) is 3.46. The van der Waals surface area contributed by atoms with E-state index < -0.39 is 11.9 Å². The third kappa shape index (κ3) is 3.29. The Balaban J connectivity index is 2.07. The Labute approximate surface area is 106 Å². The summed E-state index contributed by atoms with van der Waals surface area (Å²) in [5, 5.41) is 9.31. The van der Waals surface area contributed by atoms with Gasteiger partial charge in [0.1, 0.15) is 5.82 Å². The van der Waals surface area contributed by atoms with Crippen molar-refractivity contribution in [1.82, 2.24) is 4.90 Å². The predicted octanol–water partition coefficient (Wildman–Crippen LogP) is 2.48. The third-order valence-corrected chi connectivity index (χ3v) is 3.46. The topological polar surface area (TPSA) is 40.5 Å². The molecule has 0 saturated carbocycles. The molecule has 1 atom stereocenters. The zero-order valence-electron chi connectivity index (χ0n) is 10.3. The molecule has 0 spiro atoms. The first-order valence-corrected chi connectivity index (χ1v) is 6.37. The van der Waals surface area contributed by atoms with E-state index in [0.717, 1.165) is 25.9 Å². The van der Waals surface area contributed by atoms with Crippen molar-refractivity contribution in [3.05, 3.63) is 35.6 Å². The minimum Gasteiger partial charge on any atom is -0.481 e. The molecule has 0 amide bonds. The highest BCUT2D eigenvalue weighted by Gasteiger charge is 2.23. The second kappa shape index (κ2) is 5.96. The van der Waals surface area contributed by atoms with Crippen molar-refractivity contribution in [3.8, 4) is 0 Å². The largest absolute Gasteiger partial charge is 0.481 e. The minimum absolute atomic E-state index is 0.333. The molecule has 1 fully saturated rings. The first-order chi connectivity index (χ1) is 8.66. The zero-order valence-corrected chi connectivity index (χ0v) is 10.3. The monoisotopic (exact) mass is 251 g/mol. The van der Waals surface area contributed by atoms with Crippen LogP contribution in [0.4, 0.5) is 4.39 Å². The van der Waals surface area contributed by atoms with Crippen LogP contribution in [0.15, 0.2) is 24.3 Å². The molecule has 3 nitrogen and oxygen atoms in total. The summed E-state index contributed by atoms with van der Waals surface area (Å²) in [6, 6.07) is 5.78. The van der Waals surface area contributed by atoms with Gasteiger partial charge in [0.05, 0.1) is 5.92 Å². The number of nitrogens with zero attached hydrogens (tertiary/aromatic N) is 1. The van der Waals surface area contributed by atoms with Gasteiger partial charge in [-0.3, -0.25) is 4.79 Å². The highest BCUT2D eigenvalue weighted by atomic mass is 19.1. The molecule has 1 heterocycles. The number of benzene rings is 1. The van der Waals surface area contributed by atoms with Crippen molar-refractivity contribution in [2.75, 3.05) is 19.6 Å². The Hall–Kier alpha value is -1.42. The quantitative estimate of drug-likeness (QED) is 0.893. The van der Waals surface area contributed by atoms with E-state index in [2.05, 4.69) is 4.90 Å². The number of carbonyl (C=O) groups is 1. The van der Waals surface area contributed by atoms with E-state index >= 15 is 0 Å². The Morgan fingerprint density at radius 1 is 1.22 bits per heavy atom. The van der Waals surface area contributed by atoms with Crippen LogP contribution in [-0.2, 0) is 4.79 Å². The molecule has 0 aromatic heterocycles. The smallest absolute Gasteiger partial charge is 0.312 e. The fraction of sp³-hybridized carbons (Fsp3) is 0.500. The lowest BCUT2D eigenvalue weighted by molar-refractivity contribution is -0.139. The predicted molar refractivity (Wildman–Crippen MR) is 67.1 cm³/mol. The number of hydrogen-bond donors (Lipinski definition) is 1. The molecule has 1 aliphatic heterocycles. The summed E-state index contributed by atoms with van der Waals surface area (Å²) < 4.78 is 12.9. The molecule has 18 heavy (non-hydrogen) atoms. The molecule has 0 bridgehead atoms. The summed E-state index contributed by atoms with van der Waals surface area (Å²) in [7, 11) is 0. The number of hydrogen-bond acceptors (Lipinski definition) is 2. The molecule has 1 N–H and O–H groups in total. The molecule has 1 aliphatic rings. The van der Waals surface area contributed by atoms with Crippen molar-refractivity contribution in [1.29, 1.82) is 0 Å². The fourth-order valence-corrected chi connectivity index (χ4v) is 2.42. The highest BCUT2D eigenvalue weighted by molar-refractivity contribution is 5.76. The second-order valence-electron chi connectivity index (χ2n) is 4.80. The van der Waals surface area contributed by atoms with Crippen LogP contribution in [0, 0.1) is 5.82 Å². The second-order valence-corrected chi connectivity index (χ2v) is 4.80. The average molecular weight is 251 g/mol. The molecule has 0 radical (unpaired) electrons. The molecule has 1 aromatic carbocycles. The van der Waals surface area contributed by atoms with E-state index in [0.29, 0.717) is 12.1 Å². The summed E-state index contributed by atoms with van der Waals surface area (Å²) in [6.45, 7) is 2.44. The Bertz CT molecular complexity index is 399. The Kier molecular flexibility index (Phi) is 4.31. The van der Waals surface area contributed by atoms with Crippen molar-refractivity contribution in [2.45, 2.75) is 25.2 Å². The van der Waals surface area contributed by atoms with Gasteiger partial charge in [0.15, 0.2) is 0 Å². The van der Waals surface area contributed by atoms with E-state index in [1.807, 2.05) is 0 Å². The van der Waals surface area contributed by atoms with Crippen LogP contribution >= 0.6 is 0 Å². The normalized spacial score (nSPS) is 18.5. The molecule has 1 saturated heterocycles. The van der Waals surface area contributed by atoms with Crippen LogP contribution in [0.5, 0.6) is 0 Å². The minimum atomic E-state index is -0.841. The van der Waals surface area contributed by atoms with E-state index in [1.54, 1.807) is 12.1 Å². The summed E-state index contributed by atoms with van der Waals surface area (Å²) in [5.74, 6) is -1.74. The molecule has 0 aliphatic carbocycles. The van der Waals surface area contributed by atoms with Crippen LogP contribution < -0.4 is 0 Å². The van der Waals surface area contributed by atoms with Crippen molar-refractivity contribution >= 4 is 5.97 Å². The van der Waals surface area contributed by atoms with Crippen LogP contribution in [0.2, 0.25) is 0 Å². The number of aliphatic carboxylic acids is 1. The molecular formula is C14H18FNO2. The van der Waals surface area contributed by atoms with Crippen molar-refractivity contribution in [2.24, 2.45) is 0 Å². The number of likely N-dealkylation sites (tertiary alicyclic amines) is 1.